The van der Waals surface area contributed by atoms with Crippen LogP contribution in [0.2, 0.25) is 5.02 Å². The van der Waals surface area contributed by atoms with E-state index < -0.39 is 11.5 Å². The van der Waals surface area contributed by atoms with Crippen molar-refractivity contribution in [3.05, 3.63) is 34.3 Å². The van der Waals surface area contributed by atoms with Gasteiger partial charge in [0.1, 0.15) is 0 Å². The van der Waals surface area contributed by atoms with E-state index in [2.05, 4.69) is 5.32 Å². The second-order valence-electron chi connectivity index (χ2n) is 5.48. The number of benzene rings is 1. The van der Waals surface area contributed by atoms with E-state index in [4.69, 9.17) is 16.7 Å². The number of aliphatic carboxylic acids is 1. The Hall–Kier alpha value is -1.55. The number of carboxylic acids is 1. The summed E-state index contributed by atoms with van der Waals surface area (Å²) in [5, 5.41) is 12.6. The lowest BCUT2D eigenvalue weighted by Crippen LogP contribution is -2.47. The van der Waals surface area contributed by atoms with E-state index in [0.717, 1.165) is 31.2 Å². The lowest BCUT2D eigenvalue weighted by atomic mass is 9.92. The zero-order valence-corrected chi connectivity index (χ0v) is 12.2. The van der Waals surface area contributed by atoms with Gasteiger partial charge in [0, 0.05) is 10.6 Å². The number of rotatable bonds is 4. The Bertz CT molecular complexity index is 536. The van der Waals surface area contributed by atoms with Gasteiger partial charge in [0.2, 0.25) is 0 Å². The smallest absolute Gasteiger partial charge is 0.305 e. The number of hydrogen-bond donors (Lipinski definition) is 2. The molecule has 1 fully saturated rings. The van der Waals surface area contributed by atoms with Crippen molar-refractivity contribution >= 4 is 23.5 Å². The standard InChI is InChI=1S/C15H18ClNO3/c1-10-8-11(4-5-12(10)16)14(20)17-15(9-13(18)19)6-2-3-7-15/h4-5,8H,2-3,6-7,9H2,1H3,(H,17,20)(H,18,19). The van der Waals surface area contributed by atoms with Crippen LogP contribution in [0.25, 0.3) is 0 Å². The summed E-state index contributed by atoms with van der Waals surface area (Å²) in [6.45, 7) is 1.84. The van der Waals surface area contributed by atoms with Crippen LogP contribution >= 0.6 is 11.6 Å². The summed E-state index contributed by atoms with van der Waals surface area (Å²) >= 11 is 5.94. The number of nitrogens with one attached hydrogen (secondary N) is 1. The summed E-state index contributed by atoms with van der Waals surface area (Å²) in [5.41, 5.74) is 0.748. The van der Waals surface area contributed by atoms with E-state index in [1.807, 2.05) is 6.92 Å². The second kappa shape index (κ2) is 5.83. The van der Waals surface area contributed by atoms with Crippen LogP contribution in [0.3, 0.4) is 0 Å². The van der Waals surface area contributed by atoms with Gasteiger partial charge in [-0.2, -0.15) is 0 Å². The Kier molecular flexibility index (Phi) is 4.33. The molecule has 1 amide bonds. The van der Waals surface area contributed by atoms with Crippen LogP contribution in [0.1, 0.15) is 48.0 Å². The van der Waals surface area contributed by atoms with Gasteiger partial charge < -0.3 is 10.4 Å². The summed E-state index contributed by atoms with van der Waals surface area (Å²) in [6.07, 6.45) is 3.32. The molecule has 0 atom stereocenters. The van der Waals surface area contributed by atoms with E-state index in [1.165, 1.54) is 0 Å². The monoisotopic (exact) mass is 295 g/mol. The first kappa shape index (κ1) is 14.9. The number of carbonyl (C=O) groups is 2. The minimum absolute atomic E-state index is 0.0225. The summed E-state index contributed by atoms with van der Waals surface area (Å²) in [5.74, 6) is -1.10. The molecule has 0 heterocycles. The van der Waals surface area contributed by atoms with Gasteiger partial charge in [-0.15, -0.1) is 0 Å². The predicted octanol–water partition coefficient (Wildman–Crippen LogP) is 3.17. The Balaban J connectivity index is 2.16. The normalized spacial score (nSPS) is 16.9. The molecule has 2 rings (SSSR count). The molecule has 0 spiro atoms. The molecule has 0 bridgehead atoms. The molecule has 5 heteroatoms. The van der Waals surface area contributed by atoms with Crippen LogP contribution in [0.4, 0.5) is 0 Å². The number of carbonyl (C=O) groups excluding carboxylic acids is 1. The third-order valence-corrected chi connectivity index (χ3v) is 4.27. The molecule has 0 aliphatic heterocycles. The quantitative estimate of drug-likeness (QED) is 0.896. The van der Waals surface area contributed by atoms with Crippen molar-refractivity contribution in [2.45, 2.75) is 44.6 Å². The zero-order valence-electron chi connectivity index (χ0n) is 11.4. The molecule has 1 aromatic rings. The first-order chi connectivity index (χ1) is 9.42. The molecule has 20 heavy (non-hydrogen) atoms. The van der Waals surface area contributed by atoms with Crippen molar-refractivity contribution in [1.82, 2.24) is 5.32 Å². The van der Waals surface area contributed by atoms with Gasteiger partial charge in [-0.1, -0.05) is 24.4 Å². The van der Waals surface area contributed by atoms with Gasteiger partial charge in [0.15, 0.2) is 0 Å². The number of carboxylic acid groups (broad SMARTS) is 1. The molecular weight excluding hydrogens is 278 g/mol. The van der Waals surface area contributed by atoms with E-state index in [-0.39, 0.29) is 12.3 Å². The Morgan fingerprint density at radius 1 is 1.35 bits per heavy atom. The van der Waals surface area contributed by atoms with E-state index in [1.54, 1.807) is 18.2 Å². The van der Waals surface area contributed by atoms with Crippen molar-refractivity contribution in [1.29, 1.82) is 0 Å². The maximum atomic E-state index is 12.3. The highest BCUT2D eigenvalue weighted by Crippen LogP contribution is 2.33. The van der Waals surface area contributed by atoms with Crippen LogP contribution in [-0.2, 0) is 4.79 Å². The van der Waals surface area contributed by atoms with Crippen LogP contribution in [0.5, 0.6) is 0 Å². The topological polar surface area (TPSA) is 66.4 Å². The van der Waals surface area contributed by atoms with Gasteiger partial charge >= 0.3 is 5.97 Å². The highest BCUT2D eigenvalue weighted by atomic mass is 35.5. The summed E-state index contributed by atoms with van der Waals surface area (Å²) < 4.78 is 0. The molecule has 1 aliphatic carbocycles. The molecule has 4 nitrogen and oxygen atoms in total. The molecular formula is C15H18ClNO3. The highest BCUT2D eigenvalue weighted by molar-refractivity contribution is 6.31. The molecule has 0 aromatic heterocycles. The Morgan fingerprint density at radius 2 is 2.00 bits per heavy atom. The Morgan fingerprint density at radius 3 is 2.55 bits per heavy atom. The third kappa shape index (κ3) is 3.31. The fourth-order valence-corrected chi connectivity index (χ4v) is 2.90. The lowest BCUT2D eigenvalue weighted by Gasteiger charge is -2.28. The molecule has 1 aromatic carbocycles. The molecule has 0 radical (unpaired) electrons. The minimum atomic E-state index is -0.875. The summed E-state index contributed by atoms with van der Waals surface area (Å²) in [6, 6.07) is 5.07. The van der Waals surface area contributed by atoms with Gasteiger partial charge in [-0.05, 0) is 43.5 Å². The molecule has 0 unspecified atom stereocenters. The van der Waals surface area contributed by atoms with Crippen LogP contribution in [-0.4, -0.2) is 22.5 Å². The maximum absolute atomic E-state index is 12.3. The number of hydrogen-bond acceptors (Lipinski definition) is 2. The number of amides is 1. The fourth-order valence-electron chi connectivity index (χ4n) is 2.79. The molecule has 1 aliphatic rings. The van der Waals surface area contributed by atoms with E-state index in [9.17, 15) is 9.59 Å². The largest absolute Gasteiger partial charge is 0.481 e. The van der Waals surface area contributed by atoms with Crippen molar-refractivity contribution in [3.63, 3.8) is 0 Å². The highest BCUT2D eigenvalue weighted by Gasteiger charge is 2.37. The molecule has 2 N–H and O–H groups in total. The summed E-state index contributed by atoms with van der Waals surface area (Å²) in [7, 11) is 0. The number of halogens is 1. The maximum Gasteiger partial charge on any atom is 0.305 e. The third-order valence-electron chi connectivity index (χ3n) is 3.85. The fraction of sp³-hybridized carbons (Fsp3) is 0.467. The average Bonchev–Trinajstić information content (AvgIpc) is 2.79. The Labute approximate surface area is 123 Å². The number of aryl methyl sites for hydroxylation is 1. The first-order valence-corrected chi connectivity index (χ1v) is 7.10. The van der Waals surface area contributed by atoms with E-state index in [0.29, 0.717) is 10.6 Å². The van der Waals surface area contributed by atoms with Crippen LogP contribution in [0.15, 0.2) is 18.2 Å². The van der Waals surface area contributed by atoms with Crippen molar-refractivity contribution in [2.24, 2.45) is 0 Å². The minimum Gasteiger partial charge on any atom is -0.481 e. The van der Waals surface area contributed by atoms with Crippen molar-refractivity contribution in [2.75, 3.05) is 0 Å². The molecule has 108 valence electrons. The van der Waals surface area contributed by atoms with Gasteiger partial charge in [0.25, 0.3) is 5.91 Å². The van der Waals surface area contributed by atoms with Crippen molar-refractivity contribution in [3.8, 4) is 0 Å². The summed E-state index contributed by atoms with van der Waals surface area (Å²) in [4.78, 5) is 23.3. The SMILES string of the molecule is Cc1cc(C(=O)NC2(CC(=O)O)CCCC2)ccc1Cl. The predicted molar refractivity (Wildman–Crippen MR) is 77.1 cm³/mol. The van der Waals surface area contributed by atoms with Crippen molar-refractivity contribution < 1.29 is 14.7 Å². The lowest BCUT2D eigenvalue weighted by molar-refractivity contribution is -0.138. The average molecular weight is 296 g/mol. The van der Waals surface area contributed by atoms with E-state index >= 15 is 0 Å². The molecule has 0 saturated heterocycles. The second-order valence-corrected chi connectivity index (χ2v) is 5.88. The first-order valence-electron chi connectivity index (χ1n) is 6.72. The van der Waals surface area contributed by atoms with Crippen LogP contribution < -0.4 is 5.32 Å². The van der Waals surface area contributed by atoms with Gasteiger partial charge in [-0.25, -0.2) is 0 Å². The van der Waals surface area contributed by atoms with Gasteiger partial charge in [0.05, 0.1) is 12.0 Å². The van der Waals surface area contributed by atoms with Crippen LogP contribution in [0, 0.1) is 6.92 Å². The van der Waals surface area contributed by atoms with Gasteiger partial charge in [-0.3, -0.25) is 9.59 Å². The molecule has 1 saturated carbocycles. The zero-order chi connectivity index (χ0) is 14.8.